The van der Waals surface area contributed by atoms with Gasteiger partial charge in [0.05, 0.1) is 6.42 Å². The van der Waals surface area contributed by atoms with E-state index in [0.29, 0.717) is 12.4 Å². The number of esters is 2. The molecule has 45 heavy (non-hydrogen) atoms. The van der Waals surface area contributed by atoms with E-state index in [0.717, 1.165) is 33.4 Å². The Morgan fingerprint density at radius 1 is 0.778 bits per heavy atom. The summed E-state index contributed by atoms with van der Waals surface area (Å²) in [6.45, 7) is 5.97. The molecular formula is C37H35NO7. The van der Waals surface area contributed by atoms with Crippen LogP contribution in [0.4, 0.5) is 4.79 Å². The molecule has 1 atom stereocenters. The first-order valence-electron chi connectivity index (χ1n) is 14.7. The van der Waals surface area contributed by atoms with Crippen molar-refractivity contribution in [2.24, 2.45) is 0 Å². The maximum absolute atomic E-state index is 12.8. The van der Waals surface area contributed by atoms with E-state index in [9.17, 15) is 14.4 Å². The Balaban J connectivity index is 1.13. The lowest BCUT2D eigenvalue weighted by Gasteiger charge is -2.18. The number of aryl methyl sites for hydroxylation is 1. The van der Waals surface area contributed by atoms with Crippen LogP contribution in [-0.4, -0.2) is 37.3 Å². The van der Waals surface area contributed by atoms with Crippen molar-refractivity contribution < 1.29 is 33.3 Å². The van der Waals surface area contributed by atoms with Crippen molar-refractivity contribution in [3.63, 3.8) is 0 Å². The van der Waals surface area contributed by atoms with Gasteiger partial charge in [-0.15, -0.1) is 0 Å². The molecule has 0 radical (unpaired) electrons. The number of hydrogen-bond donors (Lipinski definition) is 1. The summed E-state index contributed by atoms with van der Waals surface area (Å²) >= 11 is 0. The monoisotopic (exact) mass is 605 g/mol. The van der Waals surface area contributed by atoms with Crippen LogP contribution in [0.3, 0.4) is 0 Å². The van der Waals surface area contributed by atoms with Crippen molar-refractivity contribution in [1.29, 1.82) is 0 Å². The lowest BCUT2D eigenvalue weighted by Crippen LogP contribution is -2.44. The lowest BCUT2D eigenvalue weighted by atomic mass is 9.98. The maximum atomic E-state index is 12.8. The van der Waals surface area contributed by atoms with Gasteiger partial charge in [0.2, 0.25) is 0 Å². The molecule has 0 saturated carbocycles. The third-order valence-corrected chi connectivity index (χ3v) is 7.48. The Labute approximate surface area is 262 Å². The SMILES string of the molecule is C=CCOC(=O)[C@@H](CC(=O)OCc1ccc(OCc2ccc(C)cc2)cc1)NC(=O)OCC1c2ccccc2-c2ccccc21. The van der Waals surface area contributed by atoms with Crippen molar-refractivity contribution >= 4 is 18.0 Å². The summed E-state index contributed by atoms with van der Waals surface area (Å²) in [5, 5.41) is 2.48. The zero-order chi connectivity index (χ0) is 31.6. The number of hydrogen-bond acceptors (Lipinski definition) is 7. The van der Waals surface area contributed by atoms with Crippen molar-refractivity contribution in [2.75, 3.05) is 13.2 Å². The first kappa shape index (κ1) is 31.1. The summed E-state index contributed by atoms with van der Waals surface area (Å²) in [6.07, 6.45) is 0.124. The van der Waals surface area contributed by atoms with Gasteiger partial charge in [0.15, 0.2) is 0 Å². The Morgan fingerprint density at radius 2 is 1.38 bits per heavy atom. The summed E-state index contributed by atoms with van der Waals surface area (Å²) in [6, 6.07) is 29.9. The molecule has 0 aliphatic heterocycles. The number of nitrogens with one attached hydrogen (secondary N) is 1. The molecule has 8 nitrogen and oxygen atoms in total. The highest BCUT2D eigenvalue weighted by atomic mass is 16.6. The van der Waals surface area contributed by atoms with Gasteiger partial charge >= 0.3 is 18.0 Å². The second kappa shape index (κ2) is 14.9. The van der Waals surface area contributed by atoms with Gasteiger partial charge in [0.1, 0.15) is 38.2 Å². The third-order valence-electron chi connectivity index (χ3n) is 7.48. The van der Waals surface area contributed by atoms with Crippen LogP contribution in [0.15, 0.2) is 110 Å². The maximum Gasteiger partial charge on any atom is 0.407 e. The van der Waals surface area contributed by atoms with Crippen molar-refractivity contribution in [3.8, 4) is 16.9 Å². The summed E-state index contributed by atoms with van der Waals surface area (Å²) in [7, 11) is 0. The summed E-state index contributed by atoms with van der Waals surface area (Å²) in [5.41, 5.74) is 7.30. The predicted octanol–water partition coefficient (Wildman–Crippen LogP) is 6.64. The molecule has 0 aromatic heterocycles. The second-order valence-electron chi connectivity index (χ2n) is 10.7. The van der Waals surface area contributed by atoms with E-state index in [2.05, 4.69) is 11.9 Å². The smallest absolute Gasteiger partial charge is 0.407 e. The van der Waals surface area contributed by atoms with Gasteiger partial charge in [-0.1, -0.05) is 103 Å². The molecule has 0 unspecified atom stereocenters. The number of fused-ring (bicyclic) bond motifs is 3. The molecule has 5 rings (SSSR count). The van der Waals surface area contributed by atoms with Crippen LogP contribution in [0.1, 0.15) is 40.2 Å². The van der Waals surface area contributed by atoms with Crippen molar-refractivity contribution in [2.45, 2.75) is 38.5 Å². The molecule has 230 valence electrons. The minimum Gasteiger partial charge on any atom is -0.489 e. The van der Waals surface area contributed by atoms with Gasteiger partial charge in [0.25, 0.3) is 0 Å². The predicted molar refractivity (Wildman–Crippen MR) is 170 cm³/mol. The van der Waals surface area contributed by atoms with Gasteiger partial charge in [-0.3, -0.25) is 4.79 Å². The molecule has 1 amide bonds. The van der Waals surface area contributed by atoms with Crippen LogP contribution in [0.5, 0.6) is 5.75 Å². The van der Waals surface area contributed by atoms with Crippen LogP contribution >= 0.6 is 0 Å². The molecule has 4 aromatic carbocycles. The highest BCUT2D eigenvalue weighted by Crippen LogP contribution is 2.44. The fourth-order valence-corrected chi connectivity index (χ4v) is 5.14. The van der Waals surface area contributed by atoms with E-state index in [4.69, 9.17) is 18.9 Å². The Hall–Kier alpha value is -5.37. The summed E-state index contributed by atoms with van der Waals surface area (Å²) in [5.74, 6) is -0.953. The van der Waals surface area contributed by atoms with Crippen LogP contribution in [0, 0.1) is 6.92 Å². The molecule has 0 saturated heterocycles. The number of alkyl carbamates (subject to hydrolysis) is 1. The Bertz CT molecular complexity index is 1600. The molecular weight excluding hydrogens is 570 g/mol. The molecule has 1 aliphatic rings. The fourth-order valence-electron chi connectivity index (χ4n) is 5.14. The average Bonchev–Trinajstić information content (AvgIpc) is 3.38. The minimum atomic E-state index is -1.30. The van der Waals surface area contributed by atoms with Crippen LogP contribution in [0.25, 0.3) is 11.1 Å². The van der Waals surface area contributed by atoms with Crippen LogP contribution in [-0.2, 0) is 37.0 Å². The average molecular weight is 606 g/mol. The molecule has 1 aliphatic carbocycles. The van der Waals surface area contributed by atoms with E-state index in [1.165, 1.54) is 11.6 Å². The number of carbonyl (C=O) groups is 3. The van der Waals surface area contributed by atoms with Gasteiger partial charge < -0.3 is 24.3 Å². The molecule has 0 heterocycles. The highest BCUT2D eigenvalue weighted by molar-refractivity contribution is 5.86. The van der Waals surface area contributed by atoms with Crippen molar-refractivity contribution in [3.05, 3.63) is 138 Å². The van der Waals surface area contributed by atoms with E-state index < -0.39 is 30.5 Å². The number of carbonyl (C=O) groups excluding carboxylic acids is 3. The zero-order valence-corrected chi connectivity index (χ0v) is 25.1. The van der Waals surface area contributed by atoms with Gasteiger partial charge in [-0.25, -0.2) is 9.59 Å². The van der Waals surface area contributed by atoms with Crippen molar-refractivity contribution in [1.82, 2.24) is 5.32 Å². The number of benzene rings is 4. The summed E-state index contributed by atoms with van der Waals surface area (Å²) in [4.78, 5) is 38.2. The second-order valence-corrected chi connectivity index (χ2v) is 10.7. The van der Waals surface area contributed by atoms with Gasteiger partial charge in [0, 0.05) is 5.92 Å². The van der Waals surface area contributed by atoms with Crippen LogP contribution in [0.2, 0.25) is 0 Å². The molecule has 8 heteroatoms. The largest absolute Gasteiger partial charge is 0.489 e. The molecule has 4 aromatic rings. The fraction of sp³-hybridized carbons (Fsp3) is 0.216. The van der Waals surface area contributed by atoms with E-state index in [-0.39, 0.29) is 25.7 Å². The molecule has 0 fully saturated rings. The van der Waals surface area contributed by atoms with Gasteiger partial charge in [-0.2, -0.15) is 0 Å². The first-order chi connectivity index (χ1) is 21.9. The molecule has 0 bridgehead atoms. The summed E-state index contributed by atoms with van der Waals surface area (Å²) < 4.78 is 21.9. The zero-order valence-electron chi connectivity index (χ0n) is 25.1. The third kappa shape index (κ3) is 8.17. The topological polar surface area (TPSA) is 100 Å². The van der Waals surface area contributed by atoms with Gasteiger partial charge in [-0.05, 0) is 52.4 Å². The van der Waals surface area contributed by atoms with E-state index in [1.807, 2.05) is 79.7 Å². The Kier molecular flexibility index (Phi) is 10.3. The lowest BCUT2D eigenvalue weighted by molar-refractivity contribution is -0.152. The number of amides is 1. The normalized spacial score (nSPS) is 12.3. The number of rotatable bonds is 13. The first-order valence-corrected chi connectivity index (χ1v) is 14.7. The Morgan fingerprint density at radius 3 is 2.02 bits per heavy atom. The quantitative estimate of drug-likeness (QED) is 0.104. The molecule has 1 N–H and O–H groups in total. The van der Waals surface area contributed by atoms with Crippen LogP contribution < -0.4 is 10.1 Å². The number of ether oxygens (including phenoxy) is 4. The minimum absolute atomic E-state index is 0.0174. The molecule has 0 spiro atoms. The van der Waals surface area contributed by atoms with E-state index in [1.54, 1.807) is 24.3 Å². The standard InChI is InChI=1S/C37H35NO7/c1-3-20-42-36(40)34(38-37(41)45-24-33-31-10-6-4-8-29(31)30-9-5-7-11-32(30)33)21-35(39)44-23-27-16-18-28(19-17-27)43-22-26-14-12-25(2)13-15-26/h3-19,33-34H,1,20-24H2,2H3,(H,38,41)/t34-/m1/s1. The highest BCUT2D eigenvalue weighted by Gasteiger charge is 2.31. The van der Waals surface area contributed by atoms with E-state index >= 15 is 0 Å².